The lowest BCUT2D eigenvalue weighted by molar-refractivity contribution is -0.118. The molecule has 25 heavy (non-hydrogen) atoms. The van der Waals surface area contributed by atoms with E-state index in [0.29, 0.717) is 16.9 Å². The lowest BCUT2D eigenvalue weighted by Crippen LogP contribution is -2.17. The Kier molecular flexibility index (Phi) is 3.74. The highest BCUT2D eigenvalue weighted by molar-refractivity contribution is 5.97. The van der Waals surface area contributed by atoms with Gasteiger partial charge in [0, 0.05) is 5.56 Å². The first-order chi connectivity index (χ1) is 12.2. The van der Waals surface area contributed by atoms with Gasteiger partial charge in [-0.25, -0.2) is 9.48 Å². The van der Waals surface area contributed by atoms with Gasteiger partial charge in [-0.05, 0) is 18.2 Å². The van der Waals surface area contributed by atoms with Crippen LogP contribution in [0.5, 0.6) is 0 Å². The van der Waals surface area contributed by atoms with Crippen LogP contribution in [0.3, 0.4) is 0 Å². The molecule has 7 nitrogen and oxygen atoms in total. The Morgan fingerprint density at radius 3 is 2.80 bits per heavy atom. The van der Waals surface area contributed by atoms with Gasteiger partial charge in [0.15, 0.2) is 0 Å². The molecule has 3 aromatic rings. The molecule has 0 radical (unpaired) electrons. The predicted molar refractivity (Wildman–Crippen MR) is 89.2 cm³/mol. The molecule has 4 rings (SSSR count). The van der Waals surface area contributed by atoms with Crippen molar-refractivity contribution in [2.75, 3.05) is 5.32 Å². The first-order valence-electron chi connectivity index (χ1n) is 7.78. The number of hydrogen-bond acceptors (Lipinski definition) is 5. The molecule has 1 N–H and O–H groups in total. The summed E-state index contributed by atoms with van der Waals surface area (Å²) in [5.74, 6) is -0.640. The van der Waals surface area contributed by atoms with Crippen LogP contribution in [0.15, 0.2) is 60.9 Å². The molecule has 0 saturated heterocycles. The molecule has 2 heterocycles. The van der Waals surface area contributed by atoms with Crippen molar-refractivity contribution in [3.05, 3.63) is 72.1 Å². The molecule has 0 fully saturated rings. The lowest BCUT2D eigenvalue weighted by Gasteiger charge is -2.13. The quantitative estimate of drug-likeness (QED) is 0.741. The van der Waals surface area contributed by atoms with E-state index in [1.807, 2.05) is 30.3 Å². The minimum atomic E-state index is -0.567. The Bertz CT molecular complexity index is 937. The summed E-state index contributed by atoms with van der Waals surface area (Å²) in [6.45, 7) is 0. The molecule has 0 unspecified atom stereocenters. The molecule has 0 spiro atoms. The Hall–Kier alpha value is -3.48. The second-order valence-electron chi connectivity index (χ2n) is 5.60. The molecule has 0 bridgehead atoms. The molecule has 1 aromatic heterocycles. The molecule has 1 aliphatic heterocycles. The zero-order chi connectivity index (χ0) is 17.2. The number of ether oxygens (including phenoxy) is 1. The van der Waals surface area contributed by atoms with E-state index >= 15 is 0 Å². The third kappa shape index (κ3) is 2.87. The third-order valence-corrected chi connectivity index (χ3v) is 4.00. The number of nitrogens with zero attached hydrogens (tertiary/aromatic N) is 3. The maximum atomic E-state index is 12.5. The van der Waals surface area contributed by atoms with E-state index in [1.54, 1.807) is 35.3 Å². The van der Waals surface area contributed by atoms with Crippen molar-refractivity contribution in [1.29, 1.82) is 0 Å². The van der Waals surface area contributed by atoms with Gasteiger partial charge >= 0.3 is 5.97 Å². The number of para-hydroxylation sites is 2. The van der Waals surface area contributed by atoms with Crippen molar-refractivity contribution >= 4 is 17.6 Å². The minimum absolute atomic E-state index is 0.0500. The number of rotatable bonds is 4. The first kappa shape index (κ1) is 15.1. The van der Waals surface area contributed by atoms with Gasteiger partial charge in [-0.3, -0.25) is 4.79 Å². The largest absolute Gasteiger partial charge is 0.453 e. The number of carbonyl (C=O) groups excluding carboxylic acids is 2. The molecule has 1 atom stereocenters. The van der Waals surface area contributed by atoms with Crippen LogP contribution in [0.4, 0.5) is 5.69 Å². The van der Waals surface area contributed by atoms with E-state index in [2.05, 4.69) is 15.6 Å². The second-order valence-corrected chi connectivity index (χ2v) is 5.60. The maximum Gasteiger partial charge on any atom is 0.339 e. The minimum Gasteiger partial charge on any atom is -0.453 e. The Labute approximate surface area is 143 Å². The molecule has 124 valence electrons. The van der Waals surface area contributed by atoms with Crippen LogP contribution in [0.1, 0.15) is 28.4 Å². The number of fused-ring (bicyclic) bond motifs is 1. The van der Waals surface area contributed by atoms with Gasteiger partial charge in [0.25, 0.3) is 0 Å². The molecule has 0 saturated carbocycles. The van der Waals surface area contributed by atoms with E-state index in [-0.39, 0.29) is 12.3 Å². The van der Waals surface area contributed by atoms with Gasteiger partial charge in [-0.1, -0.05) is 35.5 Å². The number of hydrogen-bond donors (Lipinski definition) is 1. The fourth-order valence-electron chi connectivity index (χ4n) is 2.86. The number of esters is 1. The van der Waals surface area contributed by atoms with Crippen molar-refractivity contribution in [2.24, 2.45) is 0 Å². The number of nitrogens with one attached hydrogen (secondary N) is 1. The van der Waals surface area contributed by atoms with E-state index in [9.17, 15) is 9.59 Å². The highest BCUT2D eigenvalue weighted by Gasteiger charge is 2.32. The zero-order valence-corrected chi connectivity index (χ0v) is 13.1. The molecular formula is C18H14N4O3. The number of amides is 1. The van der Waals surface area contributed by atoms with E-state index < -0.39 is 12.1 Å². The number of benzene rings is 2. The Balaban J connectivity index is 1.52. The van der Waals surface area contributed by atoms with Gasteiger partial charge in [0.1, 0.15) is 6.10 Å². The van der Waals surface area contributed by atoms with Gasteiger partial charge in [0.2, 0.25) is 5.91 Å². The number of cyclic esters (lactones) is 1. The highest BCUT2D eigenvalue weighted by atomic mass is 16.5. The molecule has 1 amide bonds. The summed E-state index contributed by atoms with van der Waals surface area (Å²) in [6.07, 6.45) is 2.74. The monoisotopic (exact) mass is 334 g/mol. The maximum absolute atomic E-state index is 12.5. The Morgan fingerprint density at radius 2 is 1.96 bits per heavy atom. The van der Waals surface area contributed by atoms with Crippen LogP contribution >= 0.6 is 0 Å². The smallest absolute Gasteiger partial charge is 0.339 e. The summed E-state index contributed by atoms with van der Waals surface area (Å²) in [5, 5.41) is 10.6. The SMILES string of the molecule is O=C(C[C@H]1OC(=O)c2ccccc21)Nc1ccccc1-n1ccnn1. The molecule has 0 aliphatic carbocycles. The molecule has 7 heteroatoms. The van der Waals surface area contributed by atoms with Crippen molar-refractivity contribution in [2.45, 2.75) is 12.5 Å². The summed E-state index contributed by atoms with van der Waals surface area (Å²) in [6, 6.07) is 14.4. The van der Waals surface area contributed by atoms with Crippen molar-refractivity contribution < 1.29 is 14.3 Å². The van der Waals surface area contributed by atoms with Crippen molar-refractivity contribution in [3.63, 3.8) is 0 Å². The van der Waals surface area contributed by atoms with Crippen LogP contribution in [0, 0.1) is 0 Å². The summed E-state index contributed by atoms with van der Waals surface area (Å²) in [4.78, 5) is 24.3. The summed E-state index contributed by atoms with van der Waals surface area (Å²) in [5.41, 5.74) is 2.57. The molecule has 2 aromatic carbocycles. The Morgan fingerprint density at radius 1 is 1.16 bits per heavy atom. The predicted octanol–water partition coefficient (Wildman–Crippen LogP) is 2.51. The van der Waals surface area contributed by atoms with Crippen LogP contribution in [0.25, 0.3) is 5.69 Å². The van der Waals surface area contributed by atoms with Crippen molar-refractivity contribution in [1.82, 2.24) is 15.0 Å². The standard InChI is InChI=1S/C18H14N4O3/c23-17(11-16-12-5-1-2-6-13(12)18(24)25-16)20-14-7-3-4-8-15(14)22-10-9-19-21-22/h1-10,16H,11H2,(H,20,23)/t16-/m1/s1. The molecule has 1 aliphatic rings. The van der Waals surface area contributed by atoms with Crippen LogP contribution in [-0.4, -0.2) is 26.9 Å². The molecular weight excluding hydrogens is 320 g/mol. The normalized spacial score (nSPS) is 15.5. The van der Waals surface area contributed by atoms with E-state index in [4.69, 9.17) is 4.74 Å². The van der Waals surface area contributed by atoms with E-state index in [1.165, 1.54) is 0 Å². The van der Waals surface area contributed by atoms with Crippen LogP contribution in [0.2, 0.25) is 0 Å². The fourth-order valence-corrected chi connectivity index (χ4v) is 2.86. The van der Waals surface area contributed by atoms with Crippen LogP contribution < -0.4 is 5.32 Å². The average molecular weight is 334 g/mol. The highest BCUT2D eigenvalue weighted by Crippen LogP contribution is 2.33. The van der Waals surface area contributed by atoms with E-state index in [0.717, 1.165) is 5.56 Å². The van der Waals surface area contributed by atoms with Gasteiger partial charge in [-0.2, -0.15) is 0 Å². The number of carbonyl (C=O) groups is 2. The summed E-state index contributed by atoms with van der Waals surface area (Å²) < 4.78 is 6.89. The zero-order valence-electron chi connectivity index (χ0n) is 13.1. The van der Waals surface area contributed by atoms with Crippen LogP contribution in [-0.2, 0) is 9.53 Å². The topological polar surface area (TPSA) is 86.1 Å². The van der Waals surface area contributed by atoms with Gasteiger partial charge in [-0.15, -0.1) is 5.10 Å². The first-order valence-corrected chi connectivity index (χ1v) is 7.78. The fraction of sp³-hybridized carbons (Fsp3) is 0.111. The average Bonchev–Trinajstić information content (AvgIpc) is 3.25. The van der Waals surface area contributed by atoms with Gasteiger partial charge < -0.3 is 10.1 Å². The summed E-state index contributed by atoms with van der Waals surface area (Å²) in [7, 11) is 0. The lowest BCUT2D eigenvalue weighted by atomic mass is 10.0. The summed E-state index contributed by atoms with van der Waals surface area (Å²) >= 11 is 0. The number of aromatic nitrogens is 3. The second kappa shape index (κ2) is 6.20. The van der Waals surface area contributed by atoms with Gasteiger partial charge in [0.05, 0.1) is 35.8 Å². The number of anilines is 1. The van der Waals surface area contributed by atoms with Crippen molar-refractivity contribution in [3.8, 4) is 5.69 Å². The third-order valence-electron chi connectivity index (χ3n) is 4.00.